The van der Waals surface area contributed by atoms with Crippen molar-refractivity contribution in [2.45, 2.75) is 38.5 Å². The van der Waals surface area contributed by atoms with Crippen molar-refractivity contribution in [1.82, 2.24) is 14.8 Å². The maximum absolute atomic E-state index is 15.6. The van der Waals surface area contributed by atoms with Crippen molar-refractivity contribution in [2.24, 2.45) is 0 Å². The summed E-state index contributed by atoms with van der Waals surface area (Å²) < 4.78 is 78.7. The Hall–Kier alpha value is -3.23. The molecule has 1 aromatic heterocycles. The Bertz CT molecular complexity index is 1440. The fraction of sp³-hybridized carbons (Fsp3) is 0.462. The summed E-state index contributed by atoms with van der Waals surface area (Å²) in [7, 11) is -0.639. The van der Waals surface area contributed by atoms with Crippen LogP contribution in [0.3, 0.4) is 0 Å². The highest BCUT2D eigenvalue weighted by molar-refractivity contribution is 7.72. The molecule has 2 atom stereocenters. The average Bonchev–Trinajstić information content (AvgIpc) is 2.87. The monoisotopic (exact) mass is 585 g/mol. The molecule has 9 nitrogen and oxygen atoms in total. The Labute approximate surface area is 230 Å². The van der Waals surface area contributed by atoms with Crippen molar-refractivity contribution in [1.29, 1.82) is 0 Å². The third-order valence-corrected chi connectivity index (χ3v) is 8.09. The Morgan fingerprint density at radius 2 is 1.82 bits per heavy atom. The van der Waals surface area contributed by atoms with Gasteiger partial charge in [0, 0.05) is 56.1 Å². The van der Waals surface area contributed by atoms with Crippen molar-refractivity contribution < 1.29 is 30.8 Å². The van der Waals surface area contributed by atoms with Crippen molar-refractivity contribution in [2.75, 3.05) is 49.3 Å². The summed E-state index contributed by atoms with van der Waals surface area (Å²) in [6.45, 7) is 5.62. The van der Waals surface area contributed by atoms with Crippen LogP contribution in [0.5, 0.6) is 0 Å². The molecule has 14 heteroatoms. The molecule has 2 aromatic rings. The van der Waals surface area contributed by atoms with E-state index in [4.69, 9.17) is 0 Å². The van der Waals surface area contributed by atoms with Crippen LogP contribution in [0.1, 0.15) is 41.8 Å². The van der Waals surface area contributed by atoms with Crippen LogP contribution in [0.4, 0.5) is 28.9 Å². The molecule has 0 bridgehead atoms. The SMILES string of the molecule is C[C@@H]1CN(c2cc(F)c(C3=CCN(C[SH](=O)=O)CC3)cc2NC(=O)c2c[nH]c(=O)cc2C(F)(F)F)C[C@H](C)N1C. The number of H-pyrrole nitrogens is 1. The molecule has 0 unspecified atom stereocenters. The molecule has 4 rings (SSSR count). The topological polar surface area (TPSA) is 106 Å². The lowest BCUT2D eigenvalue weighted by molar-refractivity contribution is -0.138. The lowest BCUT2D eigenvalue weighted by Gasteiger charge is -2.44. The van der Waals surface area contributed by atoms with Crippen LogP contribution in [0.15, 0.2) is 35.3 Å². The summed E-state index contributed by atoms with van der Waals surface area (Å²) >= 11 is 0. The van der Waals surface area contributed by atoms with Crippen LogP contribution in [-0.4, -0.2) is 80.3 Å². The molecule has 2 aliphatic heterocycles. The summed E-state index contributed by atoms with van der Waals surface area (Å²) in [5.41, 5.74) is -1.96. The van der Waals surface area contributed by atoms with Gasteiger partial charge < -0.3 is 15.2 Å². The first-order valence-electron chi connectivity index (χ1n) is 12.7. The standard InChI is InChI=1S/C26H31F4N5O4S/c1-15-12-35(13-16(2)33(15)3)23-10-21(27)18(17-4-6-34(7-5-17)14-40(38)39)8-22(23)32-25(37)19-11-31-24(36)9-20(19)26(28,29)30/h4,8-11,15-16,40H,5-7,12-14H2,1-3H3,(H,31,36)(H,32,37)/t15-,16+. The number of aromatic amines is 1. The quantitative estimate of drug-likeness (QED) is 0.354. The number of pyridine rings is 1. The van der Waals surface area contributed by atoms with E-state index in [-0.39, 0.29) is 35.8 Å². The van der Waals surface area contributed by atoms with E-state index in [0.717, 1.165) is 0 Å². The van der Waals surface area contributed by atoms with Crippen LogP contribution in [0, 0.1) is 5.82 Å². The molecule has 3 heterocycles. The van der Waals surface area contributed by atoms with Crippen molar-refractivity contribution >= 4 is 33.6 Å². The van der Waals surface area contributed by atoms with E-state index in [0.29, 0.717) is 49.6 Å². The number of alkyl halides is 3. The predicted octanol–water partition coefficient (Wildman–Crippen LogP) is 2.97. The smallest absolute Gasteiger partial charge is 0.367 e. The molecule has 0 spiro atoms. The Balaban J connectivity index is 1.76. The van der Waals surface area contributed by atoms with Gasteiger partial charge in [0.1, 0.15) is 5.82 Å². The number of aromatic nitrogens is 1. The number of amides is 1. The number of piperazine rings is 1. The summed E-state index contributed by atoms with van der Waals surface area (Å²) in [5.74, 6) is -1.80. The van der Waals surface area contributed by atoms with Crippen molar-refractivity contribution in [3.63, 3.8) is 0 Å². The van der Waals surface area contributed by atoms with E-state index in [2.05, 4.69) is 15.2 Å². The zero-order chi connectivity index (χ0) is 29.4. The van der Waals surface area contributed by atoms with Gasteiger partial charge in [-0.3, -0.25) is 19.4 Å². The largest absolute Gasteiger partial charge is 0.417 e. The van der Waals surface area contributed by atoms with Gasteiger partial charge in [-0.15, -0.1) is 0 Å². The molecule has 0 saturated carbocycles. The average molecular weight is 586 g/mol. The minimum atomic E-state index is -4.95. The van der Waals surface area contributed by atoms with Gasteiger partial charge in [0.05, 0.1) is 28.4 Å². The summed E-state index contributed by atoms with van der Waals surface area (Å²) in [6.07, 6.45) is -2.19. The fourth-order valence-corrected chi connectivity index (χ4v) is 5.69. The highest BCUT2D eigenvalue weighted by Crippen LogP contribution is 2.37. The fourth-order valence-electron chi connectivity index (χ4n) is 5.10. The second-order valence-electron chi connectivity index (χ2n) is 10.2. The zero-order valence-electron chi connectivity index (χ0n) is 22.2. The summed E-state index contributed by atoms with van der Waals surface area (Å²) in [6, 6.07) is 3.15. The molecular weight excluding hydrogens is 554 g/mol. The second kappa shape index (κ2) is 11.7. The molecule has 0 radical (unpaired) electrons. The number of hydrogen-bond donors (Lipinski definition) is 3. The summed E-state index contributed by atoms with van der Waals surface area (Å²) in [4.78, 5) is 32.6. The number of nitrogens with one attached hydrogen (secondary N) is 2. The van der Waals surface area contributed by atoms with Gasteiger partial charge in [-0.05, 0) is 45.0 Å². The number of nitrogens with zero attached hydrogens (tertiary/aromatic N) is 3. The molecule has 2 N–H and O–H groups in total. The highest BCUT2D eigenvalue weighted by atomic mass is 32.2. The molecule has 40 heavy (non-hydrogen) atoms. The van der Waals surface area contributed by atoms with E-state index >= 15 is 4.39 Å². The second-order valence-corrected chi connectivity index (χ2v) is 11.2. The van der Waals surface area contributed by atoms with Gasteiger partial charge >= 0.3 is 6.18 Å². The number of thiol groups is 1. The lowest BCUT2D eigenvalue weighted by atomic mass is 9.97. The van der Waals surface area contributed by atoms with E-state index in [1.165, 1.54) is 12.1 Å². The first-order chi connectivity index (χ1) is 18.7. The Kier molecular flexibility index (Phi) is 8.71. The molecule has 1 amide bonds. The number of carbonyl (C=O) groups is 1. The number of likely N-dealkylation sites (N-methyl/N-ethyl adjacent to an activating group) is 1. The minimum Gasteiger partial charge on any atom is -0.367 e. The van der Waals surface area contributed by atoms with Gasteiger partial charge in [0.15, 0.2) is 10.7 Å². The lowest BCUT2D eigenvalue weighted by Crippen LogP contribution is -2.55. The number of carbonyl (C=O) groups excluding carboxylic acids is 1. The Morgan fingerprint density at radius 1 is 1.15 bits per heavy atom. The summed E-state index contributed by atoms with van der Waals surface area (Å²) in [5, 5.41) is 2.54. The van der Waals surface area contributed by atoms with Gasteiger partial charge in [-0.1, -0.05) is 6.08 Å². The van der Waals surface area contributed by atoms with Crippen LogP contribution in [0.2, 0.25) is 0 Å². The highest BCUT2D eigenvalue weighted by Gasteiger charge is 2.36. The third-order valence-electron chi connectivity index (χ3n) is 7.46. The normalized spacial score (nSPS) is 21.0. The number of hydrogen-bond acceptors (Lipinski definition) is 7. The van der Waals surface area contributed by atoms with Crippen molar-refractivity contribution in [3.05, 3.63) is 63.3 Å². The number of halogens is 4. The third kappa shape index (κ3) is 6.56. The predicted molar refractivity (Wildman–Crippen MR) is 145 cm³/mol. The molecule has 1 aromatic carbocycles. The van der Waals surface area contributed by atoms with Crippen LogP contribution in [-0.2, 0) is 16.9 Å². The molecule has 1 saturated heterocycles. The zero-order valence-corrected chi connectivity index (χ0v) is 23.1. The van der Waals surface area contributed by atoms with Gasteiger partial charge in [0.2, 0.25) is 5.56 Å². The molecule has 218 valence electrons. The van der Waals surface area contributed by atoms with Gasteiger partial charge in [-0.2, -0.15) is 13.2 Å². The van der Waals surface area contributed by atoms with E-state index < -0.39 is 45.3 Å². The molecule has 2 aliphatic rings. The maximum atomic E-state index is 15.6. The van der Waals surface area contributed by atoms with Crippen LogP contribution >= 0.6 is 0 Å². The molecule has 0 aliphatic carbocycles. The van der Waals surface area contributed by atoms with Gasteiger partial charge in [0.25, 0.3) is 5.91 Å². The first kappa shape index (κ1) is 29.7. The van der Waals surface area contributed by atoms with E-state index in [1.54, 1.807) is 11.0 Å². The maximum Gasteiger partial charge on any atom is 0.417 e. The Morgan fingerprint density at radius 3 is 2.40 bits per heavy atom. The van der Waals surface area contributed by atoms with Gasteiger partial charge in [-0.25, -0.2) is 12.8 Å². The van der Waals surface area contributed by atoms with E-state index in [9.17, 15) is 31.2 Å². The van der Waals surface area contributed by atoms with E-state index in [1.807, 2.05) is 25.8 Å². The molecule has 1 fully saturated rings. The number of anilines is 2. The van der Waals surface area contributed by atoms with Crippen LogP contribution < -0.4 is 15.8 Å². The van der Waals surface area contributed by atoms with Crippen LogP contribution in [0.25, 0.3) is 5.57 Å². The molecular formula is C26H31F4N5O4S. The number of benzene rings is 1. The first-order valence-corrected chi connectivity index (χ1v) is 14.1. The minimum absolute atomic E-state index is 0.0746. The number of rotatable bonds is 6. The van der Waals surface area contributed by atoms with Crippen molar-refractivity contribution in [3.8, 4) is 0 Å².